The molecule has 2 aliphatic rings. The van der Waals surface area contributed by atoms with Crippen LogP contribution in [0.15, 0.2) is 71.6 Å². The Bertz CT molecular complexity index is 1320. The third kappa shape index (κ3) is 4.68. The van der Waals surface area contributed by atoms with Gasteiger partial charge in [-0.1, -0.05) is 50.2 Å². The third-order valence-electron chi connectivity index (χ3n) is 7.10. The topological polar surface area (TPSA) is 87.7 Å². The first kappa shape index (κ1) is 23.9. The van der Waals surface area contributed by atoms with Crippen LogP contribution in [0.5, 0.6) is 0 Å². The van der Waals surface area contributed by atoms with E-state index in [2.05, 4.69) is 48.2 Å². The lowest BCUT2D eigenvalue weighted by Crippen LogP contribution is -2.29. The van der Waals surface area contributed by atoms with Gasteiger partial charge in [0.15, 0.2) is 0 Å². The van der Waals surface area contributed by atoms with E-state index in [1.807, 2.05) is 6.07 Å². The van der Waals surface area contributed by atoms with E-state index in [0.717, 1.165) is 17.7 Å². The fourth-order valence-electron chi connectivity index (χ4n) is 5.11. The second-order valence-corrected chi connectivity index (χ2v) is 11.5. The van der Waals surface area contributed by atoms with Crippen LogP contribution in [0.2, 0.25) is 0 Å². The highest BCUT2D eigenvalue weighted by Crippen LogP contribution is 2.50. The monoisotopic (exact) mass is 492 g/mol. The Morgan fingerprint density at radius 1 is 1.00 bits per heavy atom. The summed E-state index contributed by atoms with van der Waals surface area (Å²) in [6.07, 6.45) is 0.0738. The van der Waals surface area contributed by atoms with Crippen LogP contribution in [0.1, 0.15) is 73.6 Å². The van der Waals surface area contributed by atoms with E-state index in [1.165, 1.54) is 11.1 Å². The molecule has 0 aromatic heterocycles. The molecule has 1 fully saturated rings. The molecular formula is C28H32N2O4S. The first-order valence-corrected chi connectivity index (χ1v) is 13.6. The highest BCUT2D eigenvalue weighted by molar-refractivity contribution is 7.92. The second kappa shape index (κ2) is 9.30. The number of aliphatic hydroxyl groups excluding tert-OH is 1. The summed E-state index contributed by atoms with van der Waals surface area (Å²) in [6, 6.07) is 20.9. The van der Waals surface area contributed by atoms with Gasteiger partial charge in [-0.25, -0.2) is 8.42 Å². The molecule has 3 aromatic rings. The van der Waals surface area contributed by atoms with E-state index in [4.69, 9.17) is 4.74 Å². The molecular weight excluding hydrogens is 460 g/mol. The van der Waals surface area contributed by atoms with E-state index in [-0.39, 0.29) is 23.0 Å². The SMILES string of the molecule is CC(C)c1ccc(C2Nc3ccc(S(=O)(=O)Nc4cccc(C(C)O)c4)cc3[C@H]3OCC[C@@H]23)cc1. The minimum Gasteiger partial charge on any atom is -0.389 e. The number of ether oxygens (including phenoxy) is 1. The molecule has 2 aliphatic heterocycles. The minimum atomic E-state index is -3.81. The molecule has 0 spiro atoms. The van der Waals surface area contributed by atoms with E-state index in [9.17, 15) is 13.5 Å². The van der Waals surface area contributed by atoms with Gasteiger partial charge in [-0.05, 0) is 66.3 Å². The zero-order valence-electron chi connectivity index (χ0n) is 20.2. The summed E-state index contributed by atoms with van der Waals surface area (Å²) in [5.74, 6) is 0.705. The quantitative estimate of drug-likeness (QED) is 0.398. The summed E-state index contributed by atoms with van der Waals surface area (Å²) in [6.45, 7) is 6.68. The Labute approximate surface area is 207 Å². The van der Waals surface area contributed by atoms with Crippen molar-refractivity contribution in [1.29, 1.82) is 0 Å². The maximum Gasteiger partial charge on any atom is 0.261 e. The molecule has 0 amide bonds. The maximum absolute atomic E-state index is 13.2. The molecule has 4 atom stereocenters. The average molecular weight is 493 g/mol. The summed E-state index contributed by atoms with van der Waals surface area (Å²) >= 11 is 0. The van der Waals surface area contributed by atoms with Gasteiger partial charge < -0.3 is 15.2 Å². The van der Waals surface area contributed by atoms with Crippen LogP contribution in [0.4, 0.5) is 11.4 Å². The molecule has 0 saturated carbocycles. The number of nitrogens with one attached hydrogen (secondary N) is 2. The summed E-state index contributed by atoms with van der Waals surface area (Å²) in [4.78, 5) is 0.189. The molecule has 184 valence electrons. The van der Waals surface area contributed by atoms with Gasteiger partial charge in [0.25, 0.3) is 10.0 Å². The van der Waals surface area contributed by atoms with Crippen LogP contribution in [0, 0.1) is 5.92 Å². The third-order valence-corrected chi connectivity index (χ3v) is 8.48. The Kier molecular flexibility index (Phi) is 6.34. The van der Waals surface area contributed by atoms with Crippen LogP contribution in [-0.2, 0) is 14.8 Å². The van der Waals surface area contributed by atoms with Gasteiger partial charge in [0.2, 0.25) is 0 Å². The second-order valence-electron chi connectivity index (χ2n) is 9.84. The Morgan fingerprint density at radius 2 is 1.77 bits per heavy atom. The number of benzene rings is 3. The Morgan fingerprint density at radius 3 is 2.49 bits per heavy atom. The zero-order chi connectivity index (χ0) is 24.7. The lowest BCUT2D eigenvalue weighted by atomic mass is 9.80. The molecule has 0 aliphatic carbocycles. The van der Waals surface area contributed by atoms with Crippen molar-refractivity contribution in [3.05, 3.63) is 89.0 Å². The molecule has 3 aromatic carbocycles. The highest BCUT2D eigenvalue weighted by Gasteiger charge is 2.42. The minimum absolute atomic E-state index is 0.111. The number of sulfonamides is 1. The number of rotatable bonds is 6. The molecule has 7 heteroatoms. The van der Waals surface area contributed by atoms with E-state index in [0.29, 0.717) is 23.8 Å². The van der Waals surface area contributed by atoms with Crippen molar-refractivity contribution in [2.24, 2.45) is 5.92 Å². The van der Waals surface area contributed by atoms with E-state index < -0.39 is 16.1 Å². The van der Waals surface area contributed by atoms with Crippen molar-refractivity contribution in [1.82, 2.24) is 0 Å². The van der Waals surface area contributed by atoms with Crippen molar-refractivity contribution in [3.63, 3.8) is 0 Å². The van der Waals surface area contributed by atoms with Gasteiger partial charge in [-0.2, -0.15) is 0 Å². The van der Waals surface area contributed by atoms with Crippen molar-refractivity contribution in [2.75, 3.05) is 16.6 Å². The largest absolute Gasteiger partial charge is 0.389 e. The number of anilines is 2. The van der Waals surface area contributed by atoms with E-state index in [1.54, 1.807) is 43.3 Å². The summed E-state index contributed by atoms with van der Waals surface area (Å²) < 4.78 is 35.2. The van der Waals surface area contributed by atoms with Crippen molar-refractivity contribution < 1.29 is 18.3 Å². The number of hydrogen-bond donors (Lipinski definition) is 3. The molecule has 0 bridgehead atoms. The molecule has 6 nitrogen and oxygen atoms in total. The van der Waals surface area contributed by atoms with Crippen LogP contribution < -0.4 is 10.0 Å². The van der Waals surface area contributed by atoms with Gasteiger partial charge in [0, 0.05) is 29.5 Å². The lowest BCUT2D eigenvalue weighted by Gasteiger charge is -2.36. The van der Waals surface area contributed by atoms with Crippen LogP contribution >= 0.6 is 0 Å². The van der Waals surface area contributed by atoms with Gasteiger partial charge >= 0.3 is 0 Å². The van der Waals surface area contributed by atoms with Crippen molar-refractivity contribution in [2.45, 2.75) is 56.3 Å². The predicted octanol–water partition coefficient (Wildman–Crippen LogP) is 5.91. The van der Waals surface area contributed by atoms with Gasteiger partial charge in [0.1, 0.15) is 0 Å². The first-order chi connectivity index (χ1) is 16.7. The molecule has 1 saturated heterocycles. The molecule has 2 heterocycles. The fourth-order valence-corrected chi connectivity index (χ4v) is 6.20. The van der Waals surface area contributed by atoms with Gasteiger partial charge in [0.05, 0.1) is 23.1 Å². The summed E-state index contributed by atoms with van der Waals surface area (Å²) in [5.41, 5.74) is 5.38. The number of hydrogen-bond acceptors (Lipinski definition) is 5. The predicted molar refractivity (Wildman–Crippen MR) is 138 cm³/mol. The average Bonchev–Trinajstić information content (AvgIpc) is 3.33. The highest BCUT2D eigenvalue weighted by atomic mass is 32.2. The maximum atomic E-state index is 13.2. The normalized spacial score (nSPS) is 22.3. The molecule has 5 rings (SSSR count). The standard InChI is InChI=1S/C28H32N2O4S/c1-17(2)19-7-9-20(10-8-19)27-24-13-14-34-28(24)25-16-23(11-12-26(25)29-27)35(32,33)30-22-6-4-5-21(15-22)18(3)31/h4-12,15-18,24,27-31H,13-14H2,1-3H3/t18?,24-,27?,28-/m0/s1. The Balaban J connectivity index is 1.44. The molecule has 35 heavy (non-hydrogen) atoms. The smallest absolute Gasteiger partial charge is 0.261 e. The molecule has 3 N–H and O–H groups in total. The van der Waals surface area contributed by atoms with Crippen LogP contribution in [0.3, 0.4) is 0 Å². The van der Waals surface area contributed by atoms with Crippen LogP contribution in [-0.4, -0.2) is 20.1 Å². The zero-order valence-corrected chi connectivity index (χ0v) is 21.0. The first-order valence-electron chi connectivity index (χ1n) is 12.2. The number of aliphatic hydroxyl groups is 1. The molecule has 2 unspecified atom stereocenters. The fraction of sp³-hybridized carbons (Fsp3) is 0.357. The molecule has 0 radical (unpaired) electrons. The van der Waals surface area contributed by atoms with Gasteiger partial charge in [-0.3, -0.25) is 4.72 Å². The van der Waals surface area contributed by atoms with Crippen LogP contribution in [0.25, 0.3) is 0 Å². The van der Waals surface area contributed by atoms with Crippen molar-refractivity contribution >= 4 is 21.4 Å². The lowest BCUT2D eigenvalue weighted by molar-refractivity contribution is 0.0827. The van der Waals surface area contributed by atoms with E-state index >= 15 is 0 Å². The van der Waals surface area contributed by atoms with Gasteiger partial charge in [-0.15, -0.1) is 0 Å². The summed E-state index contributed by atoms with van der Waals surface area (Å²) in [5, 5.41) is 13.5. The summed E-state index contributed by atoms with van der Waals surface area (Å²) in [7, 11) is -3.81. The number of fused-ring (bicyclic) bond motifs is 3. The van der Waals surface area contributed by atoms with Crippen molar-refractivity contribution in [3.8, 4) is 0 Å². The Hall–Kier alpha value is -2.87.